The SMILES string of the molecule is O=C(CN1CCN(S(=O)(=O)c2ccc(F)c(F)c2)CC1)NC1CCCCC1. The molecule has 1 amide bonds. The van der Waals surface area contributed by atoms with Gasteiger partial charge in [0.1, 0.15) is 0 Å². The minimum atomic E-state index is -3.88. The molecule has 0 bridgehead atoms. The summed E-state index contributed by atoms with van der Waals surface area (Å²) in [5.41, 5.74) is 0. The molecule has 1 heterocycles. The van der Waals surface area contributed by atoms with Crippen LogP contribution in [0.5, 0.6) is 0 Å². The zero-order chi connectivity index (χ0) is 19.4. The quantitative estimate of drug-likeness (QED) is 0.816. The maximum absolute atomic E-state index is 13.4. The third kappa shape index (κ3) is 5.03. The summed E-state index contributed by atoms with van der Waals surface area (Å²) in [4.78, 5) is 13.8. The second-order valence-electron chi connectivity index (χ2n) is 7.16. The smallest absolute Gasteiger partial charge is 0.243 e. The zero-order valence-electron chi connectivity index (χ0n) is 15.2. The molecule has 2 aliphatic rings. The second-order valence-corrected chi connectivity index (χ2v) is 9.10. The Morgan fingerprint density at radius 1 is 1.04 bits per heavy atom. The van der Waals surface area contributed by atoms with Gasteiger partial charge in [-0.1, -0.05) is 19.3 Å². The molecule has 0 radical (unpaired) electrons. The summed E-state index contributed by atoms with van der Waals surface area (Å²) in [6, 6.07) is 2.83. The number of carbonyl (C=O) groups is 1. The van der Waals surface area contributed by atoms with E-state index in [0.29, 0.717) is 19.2 Å². The third-order valence-corrected chi connectivity index (χ3v) is 7.09. The maximum Gasteiger partial charge on any atom is 0.243 e. The highest BCUT2D eigenvalue weighted by Crippen LogP contribution is 2.20. The first-order valence-electron chi connectivity index (χ1n) is 9.33. The number of sulfonamides is 1. The minimum Gasteiger partial charge on any atom is -0.352 e. The van der Waals surface area contributed by atoms with Crippen molar-refractivity contribution in [3.8, 4) is 0 Å². The molecule has 1 aromatic rings. The number of hydrogen-bond donors (Lipinski definition) is 1. The van der Waals surface area contributed by atoms with E-state index in [1.807, 2.05) is 4.90 Å². The lowest BCUT2D eigenvalue weighted by Crippen LogP contribution is -2.51. The average molecular weight is 401 g/mol. The van der Waals surface area contributed by atoms with Crippen LogP contribution in [0.1, 0.15) is 32.1 Å². The average Bonchev–Trinajstić information content (AvgIpc) is 2.65. The van der Waals surface area contributed by atoms with Crippen LogP contribution in [0.2, 0.25) is 0 Å². The molecule has 2 fully saturated rings. The Hall–Kier alpha value is -1.58. The van der Waals surface area contributed by atoms with Gasteiger partial charge in [0.05, 0.1) is 11.4 Å². The van der Waals surface area contributed by atoms with Crippen molar-refractivity contribution >= 4 is 15.9 Å². The largest absolute Gasteiger partial charge is 0.352 e. The molecule has 150 valence electrons. The van der Waals surface area contributed by atoms with Gasteiger partial charge in [0.25, 0.3) is 0 Å². The van der Waals surface area contributed by atoms with Crippen LogP contribution in [0.3, 0.4) is 0 Å². The van der Waals surface area contributed by atoms with E-state index >= 15 is 0 Å². The van der Waals surface area contributed by atoms with Gasteiger partial charge in [0, 0.05) is 32.2 Å². The minimum absolute atomic E-state index is 0.0289. The number of benzene rings is 1. The van der Waals surface area contributed by atoms with Gasteiger partial charge in [-0.2, -0.15) is 4.31 Å². The predicted octanol–water partition coefficient (Wildman–Crippen LogP) is 1.72. The van der Waals surface area contributed by atoms with Gasteiger partial charge in [-0.05, 0) is 31.0 Å². The fourth-order valence-electron chi connectivity index (χ4n) is 3.64. The number of amides is 1. The summed E-state index contributed by atoms with van der Waals surface area (Å²) >= 11 is 0. The van der Waals surface area contributed by atoms with Crippen LogP contribution in [-0.4, -0.2) is 62.3 Å². The monoisotopic (exact) mass is 401 g/mol. The van der Waals surface area contributed by atoms with E-state index in [-0.39, 0.29) is 36.5 Å². The molecule has 1 N–H and O–H groups in total. The van der Waals surface area contributed by atoms with Gasteiger partial charge in [-0.15, -0.1) is 0 Å². The van der Waals surface area contributed by atoms with Crippen molar-refractivity contribution in [1.82, 2.24) is 14.5 Å². The molecule has 9 heteroatoms. The van der Waals surface area contributed by atoms with E-state index in [2.05, 4.69) is 5.32 Å². The van der Waals surface area contributed by atoms with Crippen molar-refractivity contribution in [3.63, 3.8) is 0 Å². The highest BCUT2D eigenvalue weighted by Gasteiger charge is 2.30. The lowest BCUT2D eigenvalue weighted by atomic mass is 9.95. The molecular weight excluding hydrogens is 376 g/mol. The van der Waals surface area contributed by atoms with Gasteiger partial charge in [-0.3, -0.25) is 9.69 Å². The highest BCUT2D eigenvalue weighted by atomic mass is 32.2. The van der Waals surface area contributed by atoms with Crippen LogP contribution in [0, 0.1) is 11.6 Å². The Balaban J connectivity index is 1.51. The van der Waals surface area contributed by atoms with Crippen molar-refractivity contribution in [2.24, 2.45) is 0 Å². The number of rotatable bonds is 5. The molecule has 1 aromatic carbocycles. The van der Waals surface area contributed by atoms with Crippen molar-refractivity contribution in [1.29, 1.82) is 0 Å². The molecule has 27 heavy (non-hydrogen) atoms. The molecule has 3 rings (SSSR count). The summed E-state index contributed by atoms with van der Waals surface area (Å²) in [6.07, 6.45) is 5.55. The molecule has 1 saturated carbocycles. The van der Waals surface area contributed by atoms with Crippen molar-refractivity contribution < 1.29 is 22.0 Å². The fraction of sp³-hybridized carbons (Fsp3) is 0.611. The first-order valence-corrected chi connectivity index (χ1v) is 10.8. The Labute approximate surface area is 158 Å². The Morgan fingerprint density at radius 3 is 2.33 bits per heavy atom. The number of piperazine rings is 1. The number of hydrogen-bond acceptors (Lipinski definition) is 4. The van der Waals surface area contributed by atoms with Crippen LogP contribution in [-0.2, 0) is 14.8 Å². The molecule has 1 saturated heterocycles. The summed E-state index contributed by atoms with van der Waals surface area (Å²) in [5, 5.41) is 3.06. The Morgan fingerprint density at radius 2 is 1.70 bits per heavy atom. The van der Waals surface area contributed by atoms with Crippen LogP contribution < -0.4 is 5.32 Å². The van der Waals surface area contributed by atoms with Crippen LogP contribution in [0.25, 0.3) is 0 Å². The third-order valence-electron chi connectivity index (χ3n) is 5.20. The maximum atomic E-state index is 13.4. The second kappa shape index (κ2) is 8.62. The number of halogens is 2. The van der Waals surface area contributed by atoms with E-state index in [9.17, 15) is 22.0 Å². The lowest BCUT2D eigenvalue weighted by Gasteiger charge is -2.34. The summed E-state index contributed by atoms with van der Waals surface area (Å²) < 4.78 is 52.8. The van der Waals surface area contributed by atoms with E-state index in [1.54, 1.807) is 0 Å². The number of nitrogens with zero attached hydrogens (tertiary/aromatic N) is 2. The van der Waals surface area contributed by atoms with Gasteiger partial charge in [0.2, 0.25) is 15.9 Å². The van der Waals surface area contributed by atoms with Crippen LogP contribution in [0.15, 0.2) is 23.1 Å². The molecule has 0 unspecified atom stereocenters. The number of carbonyl (C=O) groups excluding carboxylic acids is 1. The fourth-order valence-corrected chi connectivity index (χ4v) is 5.07. The van der Waals surface area contributed by atoms with E-state index in [4.69, 9.17) is 0 Å². The molecule has 0 spiro atoms. The van der Waals surface area contributed by atoms with Crippen molar-refractivity contribution in [2.75, 3.05) is 32.7 Å². The van der Waals surface area contributed by atoms with Crippen LogP contribution >= 0.6 is 0 Å². The summed E-state index contributed by atoms with van der Waals surface area (Å²) in [6.45, 7) is 1.49. The van der Waals surface area contributed by atoms with Crippen LogP contribution in [0.4, 0.5) is 8.78 Å². The van der Waals surface area contributed by atoms with Crippen molar-refractivity contribution in [3.05, 3.63) is 29.8 Å². The Kier molecular flexibility index (Phi) is 6.44. The standard InChI is InChI=1S/C18H25F2N3O3S/c19-16-7-6-15(12-17(16)20)27(25,26)23-10-8-22(9-11-23)13-18(24)21-14-4-2-1-3-5-14/h6-7,12,14H,1-5,8-11,13H2,(H,21,24). The molecule has 1 aliphatic carbocycles. The van der Waals surface area contributed by atoms with Gasteiger partial charge in [0.15, 0.2) is 11.6 Å². The van der Waals surface area contributed by atoms with E-state index in [1.165, 1.54) is 10.7 Å². The van der Waals surface area contributed by atoms with Crippen molar-refractivity contribution in [2.45, 2.75) is 43.0 Å². The van der Waals surface area contributed by atoms with E-state index in [0.717, 1.165) is 37.8 Å². The normalized spacial score (nSPS) is 20.5. The van der Waals surface area contributed by atoms with Gasteiger partial charge in [-0.25, -0.2) is 17.2 Å². The van der Waals surface area contributed by atoms with Gasteiger partial charge < -0.3 is 5.32 Å². The molecular formula is C18H25F2N3O3S. The molecule has 0 aromatic heterocycles. The first kappa shape index (κ1) is 20.2. The number of nitrogens with one attached hydrogen (secondary N) is 1. The summed E-state index contributed by atoms with van der Waals surface area (Å²) in [5.74, 6) is -2.30. The first-order chi connectivity index (χ1) is 12.9. The molecule has 6 nitrogen and oxygen atoms in total. The molecule has 1 aliphatic heterocycles. The highest BCUT2D eigenvalue weighted by molar-refractivity contribution is 7.89. The Bertz CT molecular complexity index is 774. The van der Waals surface area contributed by atoms with Gasteiger partial charge >= 0.3 is 0 Å². The lowest BCUT2D eigenvalue weighted by molar-refractivity contribution is -0.123. The van der Waals surface area contributed by atoms with E-state index < -0.39 is 21.7 Å². The summed E-state index contributed by atoms with van der Waals surface area (Å²) in [7, 11) is -3.88. The predicted molar refractivity (Wildman–Crippen MR) is 96.6 cm³/mol. The molecule has 0 atom stereocenters. The zero-order valence-corrected chi connectivity index (χ0v) is 16.0. The topological polar surface area (TPSA) is 69.7 Å².